The highest BCUT2D eigenvalue weighted by atomic mass is 16.2. The highest BCUT2D eigenvalue weighted by molar-refractivity contribution is 5.91. The summed E-state index contributed by atoms with van der Waals surface area (Å²) in [6.45, 7) is 6.42. The topological polar surface area (TPSA) is 54.3 Å². The predicted octanol–water partition coefficient (Wildman–Crippen LogP) is 2.45. The van der Waals surface area contributed by atoms with Crippen LogP contribution in [0.25, 0.3) is 11.6 Å². The van der Waals surface area contributed by atoms with Gasteiger partial charge in [0.05, 0.1) is 11.9 Å². The summed E-state index contributed by atoms with van der Waals surface area (Å²) in [6.07, 6.45) is 11.3. The number of aromatic nitrogens is 3. The molecule has 0 spiro atoms. The Morgan fingerprint density at radius 1 is 1.22 bits per heavy atom. The van der Waals surface area contributed by atoms with E-state index in [9.17, 15) is 4.79 Å². The molecule has 1 amide bonds. The number of carbonyl (C=O) groups excluding carboxylic acids is 1. The first-order valence-corrected chi connectivity index (χ1v) is 9.98. The summed E-state index contributed by atoms with van der Waals surface area (Å²) in [5.74, 6) is 0.681. The maximum Gasteiger partial charge on any atom is 0.225 e. The van der Waals surface area contributed by atoms with Gasteiger partial charge in [0.25, 0.3) is 0 Å². The van der Waals surface area contributed by atoms with Crippen LogP contribution in [0.1, 0.15) is 36.6 Å². The zero-order valence-corrected chi connectivity index (χ0v) is 15.8. The minimum atomic E-state index is 0.316. The van der Waals surface area contributed by atoms with Gasteiger partial charge in [-0.2, -0.15) is 5.10 Å². The second-order valence-corrected chi connectivity index (χ2v) is 7.71. The average molecular weight is 363 g/mol. The number of anilines is 1. The van der Waals surface area contributed by atoms with E-state index in [0.717, 1.165) is 57.7 Å². The number of hydrogen-bond donors (Lipinski definition) is 0. The van der Waals surface area contributed by atoms with Crippen molar-refractivity contribution < 1.29 is 4.79 Å². The van der Waals surface area contributed by atoms with Crippen molar-refractivity contribution in [3.63, 3.8) is 0 Å². The maximum absolute atomic E-state index is 12.3. The molecule has 140 valence electrons. The highest BCUT2D eigenvalue weighted by Crippen LogP contribution is 2.36. The van der Waals surface area contributed by atoms with Crippen LogP contribution in [0.3, 0.4) is 0 Å². The van der Waals surface area contributed by atoms with Gasteiger partial charge in [0.15, 0.2) is 0 Å². The van der Waals surface area contributed by atoms with E-state index in [1.54, 1.807) is 0 Å². The first-order valence-electron chi connectivity index (χ1n) is 9.98. The average Bonchev–Trinajstić information content (AvgIpc) is 3.28. The molecular weight excluding hydrogens is 338 g/mol. The number of aryl methyl sites for hydroxylation is 1. The molecule has 0 N–H and O–H groups in total. The molecule has 0 bridgehead atoms. The lowest BCUT2D eigenvalue weighted by atomic mass is 10.1. The Hall–Kier alpha value is -2.63. The van der Waals surface area contributed by atoms with Crippen molar-refractivity contribution in [1.82, 2.24) is 19.7 Å². The third-order valence-electron chi connectivity index (χ3n) is 5.91. The smallest absolute Gasteiger partial charge is 0.225 e. The first-order chi connectivity index (χ1) is 13.2. The van der Waals surface area contributed by atoms with Crippen LogP contribution in [-0.2, 0) is 17.8 Å². The molecule has 0 aromatic carbocycles. The molecule has 1 saturated heterocycles. The Bertz CT molecular complexity index is 903. The second kappa shape index (κ2) is 6.51. The third-order valence-corrected chi connectivity index (χ3v) is 5.91. The van der Waals surface area contributed by atoms with E-state index in [1.165, 1.54) is 22.4 Å². The number of fused-ring (bicyclic) bond motifs is 1. The van der Waals surface area contributed by atoms with E-state index in [1.807, 2.05) is 17.1 Å². The lowest BCUT2D eigenvalue weighted by molar-refractivity contribution is -0.132. The highest BCUT2D eigenvalue weighted by Gasteiger charge is 2.35. The Labute approximate surface area is 159 Å². The van der Waals surface area contributed by atoms with E-state index >= 15 is 0 Å². The minimum Gasteiger partial charge on any atom is -0.367 e. The third kappa shape index (κ3) is 3.03. The van der Waals surface area contributed by atoms with E-state index in [0.29, 0.717) is 11.8 Å². The fourth-order valence-corrected chi connectivity index (χ4v) is 4.13. The molecule has 2 aromatic heterocycles. The minimum absolute atomic E-state index is 0.316. The van der Waals surface area contributed by atoms with Crippen LogP contribution < -0.4 is 4.90 Å². The molecular formula is C21H25N5O. The van der Waals surface area contributed by atoms with Gasteiger partial charge in [-0.25, -0.2) is 0 Å². The zero-order valence-electron chi connectivity index (χ0n) is 15.8. The molecule has 5 rings (SSSR count). The molecule has 2 aliphatic carbocycles. The monoisotopic (exact) mass is 363 g/mol. The summed E-state index contributed by atoms with van der Waals surface area (Å²) in [5.41, 5.74) is 6.09. The number of allylic oxidation sites excluding steroid dienone is 1. The first kappa shape index (κ1) is 16.5. The number of rotatable bonds is 4. The Balaban J connectivity index is 1.35. The summed E-state index contributed by atoms with van der Waals surface area (Å²) in [5, 5.41) is 4.41. The van der Waals surface area contributed by atoms with Crippen molar-refractivity contribution >= 4 is 23.2 Å². The predicted molar refractivity (Wildman–Crippen MR) is 105 cm³/mol. The second-order valence-electron chi connectivity index (χ2n) is 7.71. The van der Waals surface area contributed by atoms with E-state index < -0.39 is 0 Å². The van der Waals surface area contributed by atoms with Crippen LogP contribution in [0.5, 0.6) is 0 Å². The molecule has 0 unspecified atom stereocenters. The summed E-state index contributed by atoms with van der Waals surface area (Å²) < 4.78 is 1.96. The lowest BCUT2D eigenvalue weighted by Crippen LogP contribution is -2.49. The Morgan fingerprint density at radius 3 is 2.74 bits per heavy atom. The van der Waals surface area contributed by atoms with Gasteiger partial charge in [0.2, 0.25) is 5.91 Å². The number of pyridine rings is 1. The molecule has 6 nitrogen and oxygen atoms in total. The summed E-state index contributed by atoms with van der Waals surface area (Å²) in [7, 11) is 0. The maximum atomic E-state index is 12.3. The Kier molecular flexibility index (Phi) is 3.99. The fourth-order valence-electron chi connectivity index (χ4n) is 4.13. The van der Waals surface area contributed by atoms with E-state index in [4.69, 9.17) is 0 Å². The van der Waals surface area contributed by atoms with Gasteiger partial charge in [-0.3, -0.25) is 14.5 Å². The molecule has 3 aliphatic rings. The molecule has 3 heterocycles. The number of hydrogen-bond acceptors (Lipinski definition) is 4. The van der Waals surface area contributed by atoms with Crippen LogP contribution in [0, 0.1) is 5.92 Å². The van der Waals surface area contributed by atoms with Crippen molar-refractivity contribution in [2.24, 2.45) is 5.92 Å². The van der Waals surface area contributed by atoms with Gasteiger partial charge in [-0.1, -0.05) is 0 Å². The number of nitrogens with zero attached hydrogens (tertiary/aromatic N) is 5. The molecule has 2 fully saturated rings. The van der Waals surface area contributed by atoms with Crippen LogP contribution in [0.2, 0.25) is 0 Å². The van der Waals surface area contributed by atoms with Crippen molar-refractivity contribution in [3.05, 3.63) is 41.5 Å². The number of carbonyl (C=O) groups is 1. The molecule has 1 saturated carbocycles. The fraction of sp³-hybridized carbons (Fsp3) is 0.476. The van der Waals surface area contributed by atoms with E-state index in [2.05, 4.69) is 45.1 Å². The van der Waals surface area contributed by atoms with Gasteiger partial charge in [0.1, 0.15) is 0 Å². The van der Waals surface area contributed by atoms with Crippen LogP contribution in [0.4, 0.5) is 5.69 Å². The normalized spacial score (nSPS) is 19.2. The van der Waals surface area contributed by atoms with Gasteiger partial charge in [-0.15, -0.1) is 0 Å². The summed E-state index contributed by atoms with van der Waals surface area (Å²) in [4.78, 5) is 21.4. The van der Waals surface area contributed by atoms with Crippen molar-refractivity contribution in [2.45, 2.75) is 32.7 Å². The number of piperazine rings is 1. The summed E-state index contributed by atoms with van der Waals surface area (Å²) >= 11 is 0. The largest absolute Gasteiger partial charge is 0.367 e. The standard InChI is InChI=1S/C21H25N5O/c1-2-26-14-17(13-23-26)16-11-18-19(12-16)22-6-5-20(18)24-7-9-25(10-8-24)21(27)15-3-4-15/h5-6,11,13-15H,2-4,7-10,12H2,1H3. The summed E-state index contributed by atoms with van der Waals surface area (Å²) in [6, 6.07) is 2.12. The van der Waals surface area contributed by atoms with Crippen LogP contribution in [-0.4, -0.2) is 51.8 Å². The van der Waals surface area contributed by atoms with Crippen LogP contribution >= 0.6 is 0 Å². The van der Waals surface area contributed by atoms with Gasteiger partial charge in [0, 0.05) is 74.3 Å². The Morgan fingerprint density at radius 2 is 2.04 bits per heavy atom. The van der Waals surface area contributed by atoms with Crippen molar-refractivity contribution in [2.75, 3.05) is 31.1 Å². The van der Waals surface area contributed by atoms with Gasteiger partial charge >= 0.3 is 0 Å². The van der Waals surface area contributed by atoms with Crippen LogP contribution in [0.15, 0.2) is 24.7 Å². The zero-order chi connectivity index (χ0) is 18.4. The lowest BCUT2D eigenvalue weighted by Gasteiger charge is -2.37. The number of amides is 1. The van der Waals surface area contributed by atoms with E-state index in [-0.39, 0.29) is 0 Å². The van der Waals surface area contributed by atoms with Crippen molar-refractivity contribution in [1.29, 1.82) is 0 Å². The molecule has 6 heteroatoms. The van der Waals surface area contributed by atoms with Crippen molar-refractivity contribution in [3.8, 4) is 0 Å². The SMILES string of the molecule is CCn1cc(C2=Cc3c(N4CCN(C(=O)C5CC5)CC4)ccnc3C2)cn1. The molecule has 0 atom stereocenters. The quantitative estimate of drug-likeness (QED) is 0.837. The molecule has 1 aliphatic heterocycles. The van der Waals surface area contributed by atoms with Gasteiger partial charge in [-0.05, 0) is 37.5 Å². The molecule has 2 aromatic rings. The molecule has 0 radical (unpaired) electrons. The van der Waals surface area contributed by atoms with Gasteiger partial charge < -0.3 is 9.80 Å². The molecule has 27 heavy (non-hydrogen) atoms.